The molecule has 2 N–H and O–H groups in total. The molecule has 1 unspecified atom stereocenters. The van der Waals surface area contributed by atoms with E-state index in [0.717, 1.165) is 24.1 Å². The Labute approximate surface area is 109 Å². The maximum absolute atomic E-state index is 11.0. The smallest absolute Gasteiger partial charge is 0.304 e. The second-order valence-electron chi connectivity index (χ2n) is 4.78. The Morgan fingerprint density at radius 2 is 2.18 bits per heavy atom. The van der Waals surface area contributed by atoms with Crippen LogP contribution < -0.4 is 5.32 Å². The molecule has 1 heterocycles. The third-order valence-electron chi connectivity index (χ3n) is 3.66. The third-order valence-corrected chi connectivity index (χ3v) is 4.19. The lowest BCUT2D eigenvalue weighted by Gasteiger charge is -2.17. The van der Waals surface area contributed by atoms with E-state index >= 15 is 0 Å². The summed E-state index contributed by atoms with van der Waals surface area (Å²) in [7, 11) is 0. The van der Waals surface area contributed by atoms with Gasteiger partial charge in [-0.25, -0.2) is 0 Å². The number of aliphatic carboxylic acids is 1. The molecule has 1 aliphatic carbocycles. The van der Waals surface area contributed by atoms with Gasteiger partial charge in [-0.1, -0.05) is 23.2 Å². The summed E-state index contributed by atoms with van der Waals surface area (Å²) in [6, 6.07) is 3.50. The lowest BCUT2D eigenvalue weighted by atomic mass is 9.90. The van der Waals surface area contributed by atoms with Gasteiger partial charge in [0.25, 0.3) is 0 Å². The molecular formula is C12H11Cl2NO2. The van der Waals surface area contributed by atoms with E-state index in [1.165, 1.54) is 0 Å². The first-order chi connectivity index (χ1) is 8.02. The van der Waals surface area contributed by atoms with Crippen LogP contribution in [0.1, 0.15) is 30.7 Å². The van der Waals surface area contributed by atoms with Crippen LogP contribution in [0.5, 0.6) is 0 Å². The second-order valence-corrected chi connectivity index (χ2v) is 5.62. The largest absolute Gasteiger partial charge is 0.481 e. The number of benzene rings is 1. The predicted molar refractivity (Wildman–Crippen MR) is 67.0 cm³/mol. The van der Waals surface area contributed by atoms with Crippen molar-refractivity contribution >= 4 is 34.9 Å². The van der Waals surface area contributed by atoms with Gasteiger partial charge in [-0.05, 0) is 30.5 Å². The number of carboxylic acids is 1. The van der Waals surface area contributed by atoms with Gasteiger partial charge in [-0.15, -0.1) is 0 Å². The summed E-state index contributed by atoms with van der Waals surface area (Å²) in [4.78, 5) is 11.0. The number of hydrogen-bond acceptors (Lipinski definition) is 2. The van der Waals surface area contributed by atoms with Gasteiger partial charge in [0.05, 0.1) is 6.42 Å². The molecule has 0 amide bonds. The number of nitrogens with one attached hydrogen (secondary N) is 1. The highest BCUT2D eigenvalue weighted by Crippen LogP contribution is 2.59. The minimum atomic E-state index is -0.790. The molecule has 0 saturated heterocycles. The van der Waals surface area contributed by atoms with Crippen LogP contribution in [-0.2, 0) is 4.79 Å². The molecule has 3 nitrogen and oxygen atoms in total. The molecule has 1 aromatic carbocycles. The fourth-order valence-corrected chi connectivity index (χ4v) is 3.38. The van der Waals surface area contributed by atoms with Crippen LogP contribution in [0.3, 0.4) is 0 Å². The van der Waals surface area contributed by atoms with E-state index in [-0.39, 0.29) is 17.9 Å². The quantitative estimate of drug-likeness (QED) is 0.866. The summed E-state index contributed by atoms with van der Waals surface area (Å²) in [6.07, 6.45) is 2.10. The molecule has 1 aromatic rings. The van der Waals surface area contributed by atoms with Gasteiger partial charge in [0.1, 0.15) is 0 Å². The van der Waals surface area contributed by atoms with Crippen molar-refractivity contribution in [2.45, 2.75) is 30.7 Å². The van der Waals surface area contributed by atoms with Gasteiger partial charge < -0.3 is 10.4 Å². The fourth-order valence-electron chi connectivity index (χ4n) is 2.75. The zero-order valence-electron chi connectivity index (χ0n) is 8.96. The second kappa shape index (κ2) is 3.53. The molecule has 0 aromatic heterocycles. The highest BCUT2D eigenvalue weighted by molar-refractivity contribution is 6.35. The summed E-state index contributed by atoms with van der Waals surface area (Å²) in [6.45, 7) is 0. The summed E-state index contributed by atoms with van der Waals surface area (Å²) in [5.41, 5.74) is 1.72. The zero-order chi connectivity index (χ0) is 12.2. The van der Waals surface area contributed by atoms with E-state index in [1.807, 2.05) is 6.07 Å². The first-order valence-corrected chi connectivity index (χ1v) is 6.26. The van der Waals surface area contributed by atoms with Crippen LogP contribution in [0.25, 0.3) is 0 Å². The Bertz CT molecular complexity index is 511. The van der Waals surface area contributed by atoms with E-state index in [1.54, 1.807) is 6.07 Å². The third kappa shape index (κ3) is 1.69. The summed E-state index contributed by atoms with van der Waals surface area (Å²) in [5.74, 6) is -0.832. The van der Waals surface area contributed by atoms with Crippen molar-refractivity contribution in [1.82, 2.24) is 0 Å². The lowest BCUT2D eigenvalue weighted by Crippen LogP contribution is -2.24. The van der Waals surface area contributed by atoms with Crippen LogP contribution >= 0.6 is 23.2 Å². The number of hydrogen-bond donors (Lipinski definition) is 2. The van der Waals surface area contributed by atoms with E-state index in [2.05, 4.69) is 5.32 Å². The average Bonchev–Trinajstić information content (AvgIpc) is 2.88. The molecule has 2 aliphatic rings. The lowest BCUT2D eigenvalue weighted by molar-refractivity contribution is -0.137. The van der Waals surface area contributed by atoms with Crippen molar-refractivity contribution in [1.29, 1.82) is 0 Å². The molecule has 1 fully saturated rings. The Hall–Kier alpha value is -0.930. The maximum Gasteiger partial charge on any atom is 0.304 e. The van der Waals surface area contributed by atoms with E-state index < -0.39 is 5.97 Å². The van der Waals surface area contributed by atoms with Crippen LogP contribution in [0.4, 0.5) is 5.69 Å². The predicted octanol–water partition coefficient (Wildman–Crippen LogP) is 3.51. The van der Waals surface area contributed by atoms with Crippen molar-refractivity contribution in [2.24, 2.45) is 0 Å². The molecule has 1 atom stereocenters. The van der Waals surface area contributed by atoms with Crippen molar-refractivity contribution in [3.8, 4) is 0 Å². The van der Waals surface area contributed by atoms with E-state index in [4.69, 9.17) is 28.3 Å². The monoisotopic (exact) mass is 271 g/mol. The normalized spacial score (nSPS) is 23.3. The van der Waals surface area contributed by atoms with Crippen LogP contribution in [-0.4, -0.2) is 16.6 Å². The number of carboxylic acid groups (broad SMARTS) is 1. The molecule has 90 valence electrons. The standard InChI is InChI=1S/C12H11Cl2NO2/c13-6-3-8(14)11-7(5-10(16)17)12(1-2-12)15-9(11)4-6/h3-4,7,15H,1-2,5H2,(H,16,17). The van der Waals surface area contributed by atoms with Gasteiger partial charge in [-0.2, -0.15) is 0 Å². The Morgan fingerprint density at radius 1 is 1.47 bits per heavy atom. The van der Waals surface area contributed by atoms with E-state index in [0.29, 0.717) is 10.0 Å². The minimum Gasteiger partial charge on any atom is -0.481 e. The Balaban J connectivity index is 2.08. The number of anilines is 1. The van der Waals surface area contributed by atoms with Gasteiger partial charge in [0.15, 0.2) is 0 Å². The molecule has 17 heavy (non-hydrogen) atoms. The molecule has 1 spiro atoms. The fraction of sp³-hybridized carbons (Fsp3) is 0.417. The number of rotatable bonds is 2. The number of halogens is 2. The molecular weight excluding hydrogens is 261 g/mol. The number of fused-ring (bicyclic) bond motifs is 1. The van der Waals surface area contributed by atoms with Gasteiger partial charge in [0.2, 0.25) is 0 Å². The molecule has 3 rings (SSSR count). The summed E-state index contributed by atoms with van der Waals surface area (Å²) in [5, 5.41) is 13.5. The first-order valence-electron chi connectivity index (χ1n) is 5.51. The topological polar surface area (TPSA) is 49.3 Å². The molecule has 1 aliphatic heterocycles. The van der Waals surface area contributed by atoms with Crippen molar-refractivity contribution in [3.63, 3.8) is 0 Å². The summed E-state index contributed by atoms with van der Waals surface area (Å²) < 4.78 is 0. The maximum atomic E-state index is 11.0. The van der Waals surface area contributed by atoms with Crippen LogP contribution in [0.2, 0.25) is 10.0 Å². The summed E-state index contributed by atoms with van der Waals surface area (Å²) >= 11 is 12.1. The molecule has 0 bridgehead atoms. The molecule has 0 radical (unpaired) electrons. The highest BCUT2D eigenvalue weighted by Gasteiger charge is 2.55. The highest BCUT2D eigenvalue weighted by atomic mass is 35.5. The Morgan fingerprint density at radius 3 is 2.76 bits per heavy atom. The first kappa shape index (κ1) is 11.2. The van der Waals surface area contributed by atoms with E-state index in [9.17, 15) is 4.79 Å². The van der Waals surface area contributed by atoms with Crippen LogP contribution in [0, 0.1) is 0 Å². The molecule has 1 saturated carbocycles. The number of carbonyl (C=O) groups is 1. The van der Waals surface area contributed by atoms with Gasteiger partial charge in [-0.3, -0.25) is 4.79 Å². The molecule has 5 heteroatoms. The van der Waals surface area contributed by atoms with Crippen LogP contribution in [0.15, 0.2) is 12.1 Å². The van der Waals surface area contributed by atoms with Crippen molar-refractivity contribution in [2.75, 3.05) is 5.32 Å². The van der Waals surface area contributed by atoms with Gasteiger partial charge in [0, 0.05) is 27.2 Å². The SMILES string of the molecule is O=C(O)CC1c2c(Cl)cc(Cl)cc2NC12CC2. The van der Waals surface area contributed by atoms with Crippen molar-refractivity contribution < 1.29 is 9.90 Å². The average molecular weight is 272 g/mol. The Kier molecular flexibility index (Phi) is 2.32. The van der Waals surface area contributed by atoms with Gasteiger partial charge >= 0.3 is 5.97 Å². The zero-order valence-corrected chi connectivity index (χ0v) is 10.5. The van der Waals surface area contributed by atoms with Crippen molar-refractivity contribution in [3.05, 3.63) is 27.7 Å². The minimum absolute atomic E-state index is 0.0419.